The number of amidine groups is 1. The van der Waals surface area contributed by atoms with E-state index in [0.717, 1.165) is 11.3 Å². The standard InChI is InChI=1S/C19H25N3O3/c1-13-20-16(11-14-7-9-15(10-8-14)21(5)6)18(24)22(13)12-17(23)25-19(2,3)4/h7-11H,12H2,1-6H3. The summed E-state index contributed by atoms with van der Waals surface area (Å²) in [5, 5.41) is 0. The number of hydrogen-bond acceptors (Lipinski definition) is 5. The Labute approximate surface area is 148 Å². The highest BCUT2D eigenvalue weighted by molar-refractivity contribution is 6.14. The van der Waals surface area contributed by atoms with Gasteiger partial charge in [-0.15, -0.1) is 0 Å². The maximum absolute atomic E-state index is 12.5. The van der Waals surface area contributed by atoms with Gasteiger partial charge >= 0.3 is 5.97 Å². The van der Waals surface area contributed by atoms with Crippen LogP contribution in [0.3, 0.4) is 0 Å². The van der Waals surface area contributed by atoms with Crippen LogP contribution in [0.5, 0.6) is 0 Å². The molecule has 0 aliphatic carbocycles. The van der Waals surface area contributed by atoms with Gasteiger partial charge in [-0.3, -0.25) is 14.5 Å². The van der Waals surface area contributed by atoms with Gasteiger partial charge in [0.05, 0.1) is 0 Å². The SMILES string of the molecule is CC1=NC(=Cc2ccc(N(C)C)cc2)C(=O)N1CC(=O)OC(C)(C)C. The Kier molecular flexibility index (Phi) is 5.30. The lowest BCUT2D eigenvalue weighted by Gasteiger charge is -2.22. The maximum atomic E-state index is 12.5. The van der Waals surface area contributed by atoms with Crippen molar-refractivity contribution in [1.82, 2.24) is 4.90 Å². The molecule has 0 radical (unpaired) electrons. The third-order valence-electron chi connectivity index (χ3n) is 3.56. The summed E-state index contributed by atoms with van der Waals surface area (Å²) in [6.07, 6.45) is 1.72. The van der Waals surface area contributed by atoms with Gasteiger partial charge in [0.25, 0.3) is 5.91 Å². The van der Waals surface area contributed by atoms with Crippen LogP contribution in [0.1, 0.15) is 33.3 Å². The lowest BCUT2D eigenvalue weighted by Crippen LogP contribution is -2.38. The fourth-order valence-electron chi connectivity index (χ4n) is 2.38. The van der Waals surface area contributed by atoms with E-state index in [9.17, 15) is 9.59 Å². The van der Waals surface area contributed by atoms with Gasteiger partial charge in [-0.05, 0) is 51.5 Å². The Morgan fingerprint density at radius 1 is 1.24 bits per heavy atom. The Morgan fingerprint density at radius 3 is 2.36 bits per heavy atom. The Balaban J connectivity index is 2.12. The van der Waals surface area contributed by atoms with Crippen molar-refractivity contribution in [3.05, 3.63) is 35.5 Å². The fourth-order valence-corrected chi connectivity index (χ4v) is 2.38. The molecule has 0 fully saturated rings. The largest absolute Gasteiger partial charge is 0.459 e. The number of anilines is 1. The van der Waals surface area contributed by atoms with E-state index >= 15 is 0 Å². The Morgan fingerprint density at radius 2 is 1.84 bits per heavy atom. The zero-order valence-electron chi connectivity index (χ0n) is 15.7. The average molecular weight is 343 g/mol. The molecule has 0 atom stereocenters. The van der Waals surface area contributed by atoms with Crippen LogP contribution in [0.4, 0.5) is 5.69 Å². The van der Waals surface area contributed by atoms with Crippen molar-refractivity contribution < 1.29 is 14.3 Å². The Hall–Kier alpha value is -2.63. The monoisotopic (exact) mass is 343 g/mol. The summed E-state index contributed by atoms with van der Waals surface area (Å²) in [6.45, 7) is 6.95. The highest BCUT2D eigenvalue weighted by Gasteiger charge is 2.30. The van der Waals surface area contributed by atoms with E-state index in [2.05, 4.69) is 4.99 Å². The van der Waals surface area contributed by atoms with Crippen molar-refractivity contribution in [2.45, 2.75) is 33.3 Å². The summed E-state index contributed by atoms with van der Waals surface area (Å²) in [5.41, 5.74) is 1.69. The molecule has 2 rings (SSSR count). The lowest BCUT2D eigenvalue weighted by atomic mass is 10.1. The molecule has 6 nitrogen and oxygen atoms in total. The average Bonchev–Trinajstić information content (AvgIpc) is 2.73. The van der Waals surface area contributed by atoms with Gasteiger partial charge in [0.15, 0.2) is 0 Å². The second-order valence-corrected chi connectivity index (χ2v) is 7.15. The third-order valence-corrected chi connectivity index (χ3v) is 3.56. The number of ether oxygens (including phenoxy) is 1. The molecule has 0 unspecified atom stereocenters. The molecule has 0 spiro atoms. The van der Waals surface area contributed by atoms with E-state index < -0.39 is 11.6 Å². The number of benzene rings is 1. The van der Waals surface area contributed by atoms with E-state index in [4.69, 9.17) is 4.74 Å². The van der Waals surface area contributed by atoms with Crippen LogP contribution in [0.15, 0.2) is 35.0 Å². The molecule has 6 heteroatoms. The highest BCUT2D eigenvalue weighted by Crippen LogP contribution is 2.20. The van der Waals surface area contributed by atoms with Gasteiger partial charge in [0.2, 0.25) is 0 Å². The molecular formula is C19H25N3O3. The molecule has 25 heavy (non-hydrogen) atoms. The Bertz CT molecular complexity index is 725. The van der Waals surface area contributed by atoms with E-state index in [1.165, 1.54) is 4.90 Å². The second-order valence-electron chi connectivity index (χ2n) is 7.15. The summed E-state index contributed by atoms with van der Waals surface area (Å²) in [7, 11) is 3.94. The number of nitrogens with zero attached hydrogens (tertiary/aromatic N) is 3. The molecule has 0 saturated carbocycles. The van der Waals surface area contributed by atoms with E-state index in [0.29, 0.717) is 11.5 Å². The van der Waals surface area contributed by atoms with Crippen LogP contribution in [0, 0.1) is 0 Å². The summed E-state index contributed by atoms with van der Waals surface area (Å²) < 4.78 is 5.27. The molecule has 1 aliphatic heterocycles. The number of esters is 1. The number of carbonyl (C=O) groups excluding carboxylic acids is 2. The molecule has 134 valence electrons. The fraction of sp³-hybridized carbons (Fsp3) is 0.421. The van der Waals surface area contributed by atoms with Crippen LogP contribution < -0.4 is 4.90 Å². The van der Waals surface area contributed by atoms with Gasteiger partial charge in [0.1, 0.15) is 23.7 Å². The normalized spacial score (nSPS) is 16.2. The molecular weight excluding hydrogens is 318 g/mol. The summed E-state index contributed by atoms with van der Waals surface area (Å²) in [6, 6.07) is 7.80. The predicted octanol–water partition coefficient (Wildman–Crippen LogP) is 2.70. The van der Waals surface area contributed by atoms with Gasteiger partial charge < -0.3 is 9.64 Å². The number of rotatable bonds is 4. The number of aliphatic imine (C=N–C) groups is 1. The number of hydrogen-bond donors (Lipinski definition) is 0. The molecule has 1 amide bonds. The molecule has 0 N–H and O–H groups in total. The van der Waals surface area contributed by atoms with Crippen LogP contribution in [0.2, 0.25) is 0 Å². The first-order valence-corrected chi connectivity index (χ1v) is 8.15. The quantitative estimate of drug-likeness (QED) is 0.623. The first-order chi connectivity index (χ1) is 11.6. The van der Waals surface area contributed by atoms with Crippen molar-refractivity contribution in [3.8, 4) is 0 Å². The lowest BCUT2D eigenvalue weighted by molar-refractivity contribution is -0.156. The molecule has 1 heterocycles. The topological polar surface area (TPSA) is 62.2 Å². The second kappa shape index (κ2) is 7.09. The van der Waals surface area contributed by atoms with Crippen LogP contribution in [-0.4, -0.2) is 48.9 Å². The van der Waals surface area contributed by atoms with E-state index in [1.54, 1.807) is 33.8 Å². The minimum Gasteiger partial charge on any atom is -0.459 e. The zero-order valence-corrected chi connectivity index (χ0v) is 15.7. The first-order valence-electron chi connectivity index (χ1n) is 8.15. The molecule has 0 aromatic heterocycles. The molecule has 0 bridgehead atoms. The van der Waals surface area contributed by atoms with Gasteiger partial charge in [-0.1, -0.05) is 12.1 Å². The van der Waals surface area contributed by atoms with Crippen molar-refractivity contribution in [1.29, 1.82) is 0 Å². The number of amides is 1. The van der Waals surface area contributed by atoms with Crippen LogP contribution in [-0.2, 0) is 14.3 Å². The smallest absolute Gasteiger partial charge is 0.326 e. The minimum absolute atomic E-state index is 0.137. The van der Waals surface area contributed by atoms with Crippen molar-refractivity contribution >= 4 is 29.5 Å². The summed E-state index contributed by atoms with van der Waals surface area (Å²) >= 11 is 0. The molecule has 1 aromatic rings. The molecule has 1 aromatic carbocycles. The van der Waals surface area contributed by atoms with E-state index in [-0.39, 0.29) is 12.5 Å². The van der Waals surface area contributed by atoms with Crippen LogP contribution >= 0.6 is 0 Å². The highest BCUT2D eigenvalue weighted by atomic mass is 16.6. The molecule has 1 aliphatic rings. The summed E-state index contributed by atoms with van der Waals surface area (Å²) in [4.78, 5) is 32.1. The van der Waals surface area contributed by atoms with Gasteiger partial charge in [-0.2, -0.15) is 0 Å². The first kappa shape index (κ1) is 18.7. The number of carbonyl (C=O) groups is 2. The van der Waals surface area contributed by atoms with E-state index in [1.807, 2.05) is 43.3 Å². The van der Waals surface area contributed by atoms with Crippen molar-refractivity contribution in [2.24, 2.45) is 4.99 Å². The van der Waals surface area contributed by atoms with Crippen molar-refractivity contribution in [2.75, 3.05) is 25.5 Å². The van der Waals surface area contributed by atoms with Crippen LogP contribution in [0.25, 0.3) is 6.08 Å². The van der Waals surface area contributed by atoms with Gasteiger partial charge in [0, 0.05) is 19.8 Å². The van der Waals surface area contributed by atoms with Crippen molar-refractivity contribution in [3.63, 3.8) is 0 Å². The molecule has 0 saturated heterocycles. The maximum Gasteiger partial charge on any atom is 0.326 e. The summed E-state index contributed by atoms with van der Waals surface area (Å²) in [5.74, 6) is -0.251. The predicted molar refractivity (Wildman–Crippen MR) is 99.4 cm³/mol. The third kappa shape index (κ3) is 4.92. The van der Waals surface area contributed by atoms with Gasteiger partial charge in [-0.25, -0.2) is 4.99 Å². The zero-order chi connectivity index (χ0) is 18.8. The minimum atomic E-state index is -0.586.